The van der Waals surface area contributed by atoms with Crippen LogP contribution in [0, 0.1) is 0 Å². The average molecular weight is 283 g/mol. The Kier molecular flexibility index (Phi) is 3.61. The SMILES string of the molecule is C[S+](Cc1cc(=O)oc2ccccc12)c1ccccc1. The summed E-state index contributed by atoms with van der Waals surface area (Å²) >= 11 is 0. The molecule has 0 aliphatic rings. The van der Waals surface area contributed by atoms with Gasteiger partial charge in [-0.15, -0.1) is 0 Å². The van der Waals surface area contributed by atoms with Crippen molar-refractivity contribution in [3.05, 3.63) is 76.6 Å². The second-order valence-electron chi connectivity index (χ2n) is 4.68. The summed E-state index contributed by atoms with van der Waals surface area (Å²) in [5.41, 5.74) is 1.45. The molecule has 2 nitrogen and oxygen atoms in total. The molecule has 0 aliphatic heterocycles. The Balaban J connectivity index is 2.01. The van der Waals surface area contributed by atoms with Crippen LogP contribution in [0.5, 0.6) is 0 Å². The molecule has 0 N–H and O–H groups in total. The Morgan fingerprint density at radius 2 is 1.70 bits per heavy atom. The van der Waals surface area contributed by atoms with Crippen molar-refractivity contribution >= 4 is 21.9 Å². The second kappa shape index (κ2) is 5.55. The summed E-state index contributed by atoms with van der Waals surface area (Å²) in [5.74, 6) is 0.857. The van der Waals surface area contributed by atoms with Gasteiger partial charge in [-0.25, -0.2) is 4.79 Å². The number of hydrogen-bond donors (Lipinski definition) is 0. The Morgan fingerprint density at radius 3 is 2.50 bits per heavy atom. The van der Waals surface area contributed by atoms with Crippen LogP contribution in [0.15, 0.2) is 74.8 Å². The van der Waals surface area contributed by atoms with Crippen molar-refractivity contribution in [3.63, 3.8) is 0 Å². The highest BCUT2D eigenvalue weighted by Crippen LogP contribution is 2.22. The van der Waals surface area contributed by atoms with E-state index in [1.807, 2.05) is 30.3 Å². The number of hydrogen-bond acceptors (Lipinski definition) is 2. The van der Waals surface area contributed by atoms with Gasteiger partial charge in [-0.05, 0) is 18.2 Å². The minimum absolute atomic E-state index is 0.0708. The average Bonchev–Trinajstić information content (AvgIpc) is 2.48. The molecule has 100 valence electrons. The van der Waals surface area contributed by atoms with E-state index < -0.39 is 0 Å². The highest BCUT2D eigenvalue weighted by Gasteiger charge is 2.18. The van der Waals surface area contributed by atoms with E-state index in [0.717, 1.165) is 16.7 Å². The lowest BCUT2D eigenvalue weighted by Crippen LogP contribution is -2.07. The molecule has 0 aliphatic carbocycles. The monoisotopic (exact) mass is 283 g/mol. The third-order valence-electron chi connectivity index (χ3n) is 3.25. The molecule has 3 aromatic rings. The van der Waals surface area contributed by atoms with Crippen molar-refractivity contribution < 1.29 is 4.42 Å². The van der Waals surface area contributed by atoms with Crippen LogP contribution in [0.2, 0.25) is 0 Å². The first-order valence-corrected chi connectivity index (χ1v) is 8.23. The van der Waals surface area contributed by atoms with E-state index in [1.54, 1.807) is 6.07 Å². The fourth-order valence-corrected chi connectivity index (χ4v) is 3.76. The Labute approximate surface area is 120 Å². The topological polar surface area (TPSA) is 30.2 Å². The van der Waals surface area contributed by atoms with Gasteiger partial charge in [0.05, 0.1) is 0 Å². The van der Waals surface area contributed by atoms with Crippen LogP contribution in [-0.2, 0) is 16.6 Å². The lowest BCUT2D eigenvalue weighted by molar-refractivity contribution is 0.559. The minimum Gasteiger partial charge on any atom is -0.423 e. The Hall–Kier alpha value is -2.00. The predicted octanol–water partition coefficient (Wildman–Crippen LogP) is 3.60. The summed E-state index contributed by atoms with van der Waals surface area (Å²) in [6.45, 7) is 0. The molecule has 0 spiro atoms. The predicted molar refractivity (Wildman–Crippen MR) is 84.2 cm³/mol. The first-order chi connectivity index (χ1) is 9.74. The van der Waals surface area contributed by atoms with E-state index in [2.05, 4.69) is 30.5 Å². The van der Waals surface area contributed by atoms with E-state index in [1.165, 1.54) is 4.90 Å². The summed E-state index contributed by atoms with van der Waals surface area (Å²) < 4.78 is 5.24. The van der Waals surface area contributed by atoms with Crippen LogP contribution in [0.1, 0.15) is 5.56 Å². The molecule has 1 unspecified atom stereocenters. The quantitative estimate of drug-likeness (QED) is 0.543. The van der Waals surface area contributed by atoms with E-state index in [0.29, 0.717) is 5.58 Å². The van der Waals surface area contributed by atoms with Crippen LogP contribution in [-0.4, -0.2) is 6.26 Å². The van der Waals surface area contributed by atoms with Crippen molar-refractivity contribution in [3.8, 4) is 0 Å². The van der Waals surface area contributed by atoms with Gasteiger partial charge in [0.2, 0.25) is 0 Å². The largest absolute Gasteiger partial charge is 0.423 e. The van der Waals surface area contributed by atoms with Gasteiger partial charge in [-0.3, -0.25) is 0 Å². The van der Waals surface area contributed by atoms with Gasteiger partial charge in [0, 0.05) is 27.9 Å². The third-order valence-corrected chi connectivity index (χ3v) is 5.07. The van der Waals surface area contributed by atoms with Crippen molar-refractivity contribution in [2.24, 2.45) is 0 Å². The maximum atomic E-state index is 11.7. The zero-order valence-electron chi connectivity index (χ0n) is 11.2. The van der Waals surface area contributed by atoms with E-state index in [-0.39, 0.29) is 16.5 Å². The second-order valence-corrected chi connectivity index (χ2v) is 6.72. The molecule has 3 heteroatoms. The fraction of sp³-hybridized carbons (Fsp3) is 0.118. The molecule has 1 heterocycles. The lowest BCUT2D eigenvalue weighted by atomic mass is 10.1. The maximum Gasteiger partial charge on any atom is 0.336 e. The maximum absolute atomic E-state index is 11.7. The third kappa shape index (κ3) is 2.63. The molecule has 2 aromatic carbocycles. The molecule has 3 rings (SSSR count). The smallest absolute Gasteiger partial charge is 0.336 e. The first-order valence-electron chi connectivity index (χ1n) is 6.43. The minimum atomic E-state index is -0.274. The highest BCUT2D eigenvalue weighted by molar-refractivity contribution is 7.95. The molecule has 0 amide bonds. The van der Waals surface area contributed by atoms with Gasteiger partial charge >= 0.3 is 5.63 Å². The summed E-state index contributed by atoms with van der Waals surface area (Å²) in [5, 5.41) is 1.03. The zero-order chi connectivity index (χ0) is 13.9. The summed E-state index contributed by atoms with van der Waals surface area (Å²) in [7, 11) is 0.0708. The number of fused-ring (bicyclic) bond motifs is 1. The molecular weight excluding hydrogens is 268 g/mol. The van der Waals surface area contributed by atoms with Gasteiger partial charge in [0.15, 0.2) is 4.90 Å². The molecule has 1 aromatic heterocycles. The van der Waals surface area contributed by atoms with Crippen molar-refractivity contribution in [2.45, 2.75) is 10.6 Å². The molecular formula is C17H15O2S+. The molecule has 1 atom stereocenters. The van der Waals surface area contributed by atoms with E-state index in [4.69, 9.17) is 4.42 Å². The molecule has 20 heavy (non-hydrogen) atoms. The number of rotatable bonds is 3. The summed E-state index contributed by atoms with van der Waals surface area (Å²) in [4.78, 5) is 13.0. The molecule has 0 radical (unpaired) electrons. The van der Waals surface area contributed by atoms with E-state index in [9.17, 15) is 4.79 Å². The van der Waals surface area contributed by atoms with Gasteiger partial charge in [-0.1, -0.05) is 36.4 Å². The van der Waals surface area contributed by atoms with Crippen molar-refractivity contribution in [2.75, 3.05) is 6.26 Å². The van der Waals surface area contributed by atoms with Crippen LogP contribution in [0.3, 0.4) is 0 Å². The lowest BCUT2D eigenvalue weighted by Gasteiger charge is -2.05. The normalized spacial score (nSPS) is 12.4. The fourth-order valence-electron chi connectivity index (χ4n) is 2.27. The first kappa shape index (κ1) is 13.0. The number of para-hydroxylation sites is 1. The van der Waals surface area contributed by atoms with Gasteiger partial charge in [0.25, 0.3) is 0 Å². The molecule has 0 saturated carbocycles. The van der Waals surface area contributed by atoms with Gasteiger partial charge < -0.3 is 4.42 Å². The van der Waals surface area contributed by atoms with Gasteiger partial charge in [-0.2, -0.15) is 0 Å². The zero-order valence-corrected chi connectivity index (χ0v) is 12.0. The summed E-state index contributed by atoms with van der Waals surface area (Å²) in [6, 6.07) is 19.7. The standard InChI is InChI=1S/C17H15O2S/c1-20(14-7-3-2-4-8-14)12-13-11-17(18)19-16-10-6-5-9-15(13)16/h2-11H,12H2,1H3/q+1. The Morgan fingerprint density at radius 1 is 1.00 bits per heavy atom. The van der Waals surface area contributed by atoms with Crippen LogP contribution in [0.4, 0.5) is 0 Å². The van der Waals surface area contributed by atoms with Crippen molar-refractivity contribution in [1.29, 1.82) is 0 Å². The van der Waals surface area contributed by atoms with Crippen LogP contribution in [0.25, 0.3) is 11.0 Å². The Bertz CT molecular complexity index is 778. The highest BCUT2D eigenvalue weighted by atomic mass is 32.2. The van der Waals surface area contributed by atoms with Crippen LogP contribution >= 0.6 is 0 Å². The van der Waals surface area contributed by atoms with Gasteiger partial charge in [0.1, 0.15) is 17.6 Å². The molecule has 0 saturated heterocycles. The summed E-state index contributed by atoms with van der Waals surface area (Å²) in [6.07, 6.45) is 2.21. The molecule has 0 fully saturated rings. The van der Waals surface area contributed by atoms with E-state index >= 15 is 0 Å². The molecule has 0 bridgehead atoms. The number of benzene rings is 2. The van der Waals surface area contributed by atoms with Crippen molar-refractivity contribution in [1.82, 2.24) is 0 Å². The van der Waals surface area contributed by atoms with Crippen LogP contribution < -0.4 is 5.63 Å².